The molecule has 1 atom stereocenters. The number of hydrogen-bond acceptors (Lipinski definition) is 1. The molecule has 60 valence electrons. The lowest BCUT2D eigenvalue weighted by molar-refractivity contribution is -0.415. The van der Waals surface area contributed by atoms with Gasteiger partial charge in [-0.15, -0.1) is 0 Å². The molecule has 0 aromatic carbocycles. The maximum absolute atomic E-state index is 6.94. The summed E-state index contributed by atoms with van der Waals surface area (Å²) in [6.45, 7) is 2.10. The van der Waals surface area contributed by atoms with E-state index in [0.717, 1.165) is 25.7 Å². The molecule has 3 heteroatoms. The van der Waals surface area contributed by atoms with Crippen LogP contribution in [0.3, 0.4) is 0 Å². The summed E-state index contributed by atoms with van der Waals surface area (Å²) in [4.78, 5) is 0. The summed E-state index contributed by atoms with van der Waals surface area (Å²) >= 11 is 0. The van der Waals surface area contributed by atoms with Crippen molar-refractivity contribution in [2.45, 2.75) is 38.6 Å². The molecule has 0 aliphatic rings. The molecule has 0 radical (unpaired) electrons. The van der Waals surface area contributed by atoms with Crippen molar-refractivity contribution in [1.82, 2.24) is 0 Å². The molecule has 0 saturated carbocycles. The van der Waals surface area contributed by atoms with Crippen molar-refractivity contribution in [2.75, 3.05) is 0 Å². The molecule has 0 amide bonds. The Kier molecular flexibility index (Phi) is 4.94. The number of rotatable bonds is 5. The molecule has 0 fully saturated rings. The van der Waals surface area contributed by atoms with Gasteiger partial charge in [-0.25, -0.2) is 0 Å². The van der Waals surface area contributed by atoms with Crippen molar-refractivity contribution in [3.63, 3.8) is 0 Å². The van der Waals surface area contributed by atoms with Crippen molar-refractivity contribution >= 4 is 5.84 Å². The largest absolute Gasteiger partial charge is 0.388 e. The molecule has 0 unspecified atom stereocenters. The molecule has 10 heavy (non-hydrogen) atoms. The van der Waals surface area contributed by atoms with Gasteiger partial charge < -0.3 is 11.5 Å². The van der Waals surface area contributed by atoms with Gasteiger partial charge in [-0.05, 0) is 26.2 Å². The number of quaternary nitrogens is 1. The van der Waals surface area contributed by atoms with Gasteiger partial charge in [0.05, 0.1) is 11.9 Å². The molecule has 0 rings (SSSR count). The van der Waals surface area contributed by atoms with E-state index in [1.807, 2.05) is 0 Å². The highest BCUT2D eigenvalue weighted by Gasteiger charge is 1.96. The first-order valence-corrected chi connectivity index (χ1v) is 3.79. The highest BCUT2D eigenvalue weighted by atomic mass is 14.7. The van der Waals surface area contributed by atoms with Crippen molar-refractivity contribution in [3.8, 4) is 0 Å². The Balaban J connectivity index is 2.98. The normalized spacial score (nSPS) is 13.0. The summed E-state index contributed by atoms with van der Waals surface area (Å²) in [6.07, 6.45) is 4.07. The zero-order valence-corrected chi connectivity index (χ0v) is 6.69. The second-order valence-corrected chi connectivity index (χ2v) is 2.88. The standard InChI is InChI=1S/C7H17N3/c1-6(8)4-2-3-5-7(9)10/h6H,2-5,8H2,1H3,(H3,9,10)/p+1/t6-/m0/s1. The molecule has 6 N–H and O–H groups in total. The SMILES string of the molecule is C[C@H]([NH3+])CCCCC(=N)N. The van der Waals surface area contributed by atoms with Crippen molar-refractivity contribution in [2.24, 2.45) is 5.73 Å². The average Bonchev–Trinajstić information content (AvgIpc) is 1.79. The molecular formula is C7H18N3+. The third kappa shape index (κ3) is 7.43. The van der Waals surface area contributed by atoms with Crippen LogP contribution in [0.2, 0.25) is 0 Å². The Bertz CT molecular complexity index is 99.0. The van der Waals surface area contributed by atoms with Gasteiger partial charge in [-0.3, -0.25) is 5.41 Å². The first-order valence-electron chi connectivity index (χ1n) is 3.79. The Hall–Kier alpha value is -0.570. The summed E-state index contributed by atoms with van der Waals surface area (Å²) in [6, 6.07) is 0.534. The van der Waals surface area contributed by atoms with E-state index < -0.39 is 0 Å². The lowest BCUT2D eigenvalue weighted by atomic mass is 10.1. The quantitative estimate of drug-likeness (QED) is 0.286. The molecule has 0 bridgehead atoms. The fourth-order valence-corrected chi connectivity index (χ4v) is 0.808. The minimum Gasteiger partial charge on any atom is -0.388 e. The summed E-state index contributed by atoms with van der Waals surface area (Å²) in [5, 5.41) is 6.94. The van der Waals surface area contributed by atoms with Crippen LogP contribution in [-0.4, -0.2) is 11.9 Å². The van der Waals surface area contributed by atoms with Crippen LogP contribution in [0.25, 0.3) is 0 Å². The van der Waals surface area contributed by atoms with Gasteiger partial charge in [-0.1, -0.05) is 0 Å². The van der Waals surface area contributed by atoms with E-state index in [-0.39, 0.29) is 0 Å². The highest BCUT2D eigenvalue weighted by Crippen LogP contribution is 1.99. The van der Waals surface area contributed by atoms with E-state index in [2.05, 4.69) is 12.7 Å². The van der Waals surface area contributed by atoms with Crippen LogP contribution in [0, 0.1) is 5.41 Å². The second kappa shape index (κ2) is 5.23. The van der Waals surface area contributed by atoms with E-state index >= 15 is 0 Å². The summed E-state index contributed by atoms with van der Waals surface area (Å²) in [5.74, 6) is 0.303. The van der Waals surface area contributed by atoms with E-state index in [9.17, 15) is 0 Å². The molecular weight excluding hydrogens is 126 g/mol. The maximum atomic E-state index is 6.94. The Morgan fingerprint density at radius 1 is 1.60 bits per heavy atom. The van der Waals surface area contributed by atoms with Crippen LogP contribution in [0.5, 0.6) is 0 Å². The van der Waals surface area contributed by atoms with Crippen LogP contribution in [0.4, 0.5) is 0 Å². The van der Waals surface area contributed by atoms with E-state index in [0.29, 0.717) is 11.9 Å². The van der Waals surface area contributed by atoms with Crippen molar-refractivity contribution < 1.29 is 5.73 Å². The second-order valence-electron chi connectivity index (χ2n) is 2.88. The Morgan fingerprint density at radius 3 is 2.60 bits per heavy atom. The van der Waals surface area contributed by atoms with Gasteiger partial charge in [0.15, 0.2) is 0 Å². The lowest BCUT2D eigenvalue weighted by Gasteiger charge is -2.00. The molecule has 3 nitrogen and oxygen atoms in total. The van der Waals surface area contributed by atoms with Gasteiger partial charge in [0, 0.05) is 6.42 Å². The van der Waals surface area contributed by atoms with Crippen LogP contribution in [0.1, 0.15) is 32.6 Å². The number of hydrogen-bond donors (Lipinski definition) is 3. The molecule has 0 saturated heterocycles. The maximum Gasteiger partial charge on any atom is 0.0905 e. The van der Waals surface area contributed by atoms with Crippen LogP contribution in [0.15, 0.2) is 0 Å². The number of nitrogens with one attached hydrogen (secondary N) is 1. The van der Waals surface area contributed by atoms with Crippen molar-refractivity contribution in [1.29, 1.82) is 5.41 Å². The summed E-state index contributed by atoms with van der Waals surface area (Å²) in [5.41, 5.74) is 9.05. The van der Waals surface area contributed by atoms with E-state index in [1.165, 1.54) is 0 Å². The van der Waals surface area contributed by atoms with Crippen molar-refractivity contribution in [3.05, 3.63) is 0 Å². The topological polar surface area (TPSA) is 77.5 Å². The highest BCUT2D eigenvalue weighted by molar-refractivity contribution is 5.76. The van der Waals surface area contributed by atoms with E-state index in [1.54, 1.807) is 0 Å². The summed E-state index contributed by atoms with van der Waals surface area (Å²) < 4.78 is 0. The Labute approximate surface area is 62.3 Å². The lowest BCUT2D eigenvalue weighted by Crippen LogP contribution is -2.58. The molecule has 0 aliphatic heterocycles. The predicted octanol–water partition coefficient (Wildman–Crippen LogP) is 0.113. The Morgan fingerprint density at radius 2 is 2.20 bits per heavy atom. The number of nitrogens with two attached hydrogens (primary N) is 1. The third-order valence-electron chi connectivity index (χ3n) is 1.39. The van der Waals surface area contributed by atoms with Crippen LogP contribution >= 0.6 is 0 Å². The first-order chi connectivity index (χ1) is 4.63. The molecule has 0 aromatic rings. The number of unbranched alkanes of at least 4 members (excludes halogenated alkanes) is 1. The minimum absolute atomic E-state index is 0.303. The van der Waals surface area contributed by atoms with E-state index in [4.69, 9.17) is 11.1 Å². The van der Waals surface area contributed by atoms with Gasteiger partial charge in [0.25, 0.3) is 0 Å². The van der Waals surface area contributed by atoms with Gasteiger partial charge in [-0.2, -0.15) is 0 Å². The van der Waals surface area contributed by atoms with Gasteiger partial charge in [0.2, 0.25) is 0 Å². The average molecular weight is 144 g/mol. The van der Waals surface area contributed by atoms with Gasteiger partial charge in [0.1, 0.15) is 0 Å². The smallest absolute Gasteiger partial charge is 0.0905 e. The monoisotopic (exact) mass is 144 g/mol. The zero-order chi connectivity index (χ0) is 7.98. The molecule has 0 spiro atoms. The fraction of sp³-hybridized carbons (Fsp3) is 0.857. The molecule has 0 heterocycles. The summed E-state index contributed by atoms with van der Waals surface area (Å²) in [7, 11) is 0. The van der Waals surface area contributed by atoms with Crippen LogP contribution in [-0.2, 0) is 0 Å². The van der Waals surface area contributed by atoms with Crippen LogP contribution < -0.4 is 11.5 Å². The minimum atomic E-state index is 0.303. The van der Waals surface area contributed by atoms with Gasteiger partial charge >= 0.3 is 0 Å². The molecule has 0 aromatic heterocycles. The molecule has 0 aliphatic carbocycles. The number of amidine groups is 1. The predicted molar refractivity (Wildman–Crippen MR) is 42.7 cm³/mol. The fourth-order valence-electron chi connectivity index (χ4n) is 0.808. The first kappa shape index (κ1) is 9.43. The third-order valence-corrected chi connectivity index (χ3v) is 1.39. The zero-order valence-electron chi connectivity index (χ0n) is 6.69.